The highest BCUT2D eigenvalue weighted by Crippen LogP contribution is 2.25. The van der Waals surface area contributed by atoms with E-state index in [9.17, 15) is 23.1 Å². The van der Waals surface area contributed by atoms with Gasteiger partial charge in [0.15, 0.2) is 0 Å². The molecule has 158 valence electrons. The van der Waals surface area contributed by atoms with E-state index in [2.05, 4.69) is 20.1 Å². The first kappa shape index (κ1) is 21.1. The molecule has 0 saturated carbocycles. The molecule has 0 saturated heterocycles. The monoisotopic (exact) mass is 422 g/mol. The van der Waals surface area contributed by atoms with Gasteiger partial charge in [-0.2, -0.15) is 0 Å². The van der Waals surface area contributed by atoms with Crippen LogP contribution in [-0.2, 0) is 6.54 Å². The van der Waals surface area contributed by atoms with Gasteiger partial charge in [0.25, 0.3) is 5.91 Å². The average Bonchev–Trinajstić information content (AvgIpc) is 3.15. The average molecular weight is 422 g/mol. The van der Waals surface area contributed by atoms with Crippen molar-refractivity contribution in [2.24, 2.45) is 0 Å². The molecule has 0 radical (unpaired) electrons. The summed E-state index contributed by atoms with van der Waals surface area (Å²) in [7, 11) is 1.53. The van der Waals surface area contributed by atoms with E-state index in [1.807, 2.05) is 0 Å². The van der Waals surface area contributed by atoms with Crippen LogP contribution >= 0.6 is 0 Å². The Bertz CT molecular complexity index is 1010. The van der Waals surface area contributed by atoms with E-state index in [4.69, 9.17) is 4.74 Å². The second-order valence-corrected chi connectivity index (χ2v) is 6.11. The molecule has 8 nitrogen and oxygen atoms in total. The van der Waals surface area contributed by atoms with E-state index in [0.29, 0.717) is 11.3 Å². The number of aliphatic hydroxyl groups is 1. The maximum atomic E-state index is 12.3. The number of nitrogens with one attached hydrogen (secondary N) is 1. The van der Waals surface area contributed by atoms with Crippen molar-refractivity contribution in [3.63, 3.8) is 0 Å². The Balaban J connectivity index is 1.62. The zero-order chi connectivity index (χ0) is 21.7. The first-order valence-electron chi connectivity index (χ1n) is 8.62. The van der Waals surface area contributed by atoms with Crippen LogP contribution in [0.2, 0.25) is 0 Å². The molecule has 0 aliphatic carbocycles. The van der Waals surface area contributed by atoms with Crippen molar-refractivity contribution in [3.05, 3.63) is 66.2 Å². The zero-order valence-corrected chi connectivity index (χ0v) is 15.6. The maximum absolute atomic E-state index is 12.3. The molecule has 1 atom stereocenters. The first-order valence-corrected chi connectivity index (χ1v) is 8.62. The number of carbonyl (C=O) groups excluding carboxylic acids is 1. The van der Waals surface area contributed by atoms with Crippen molar-refractivity contribution < 1.29 is 32.5 Å². The molecule has 0 aliphatic rings. The fourth-order valence-electron chi connectivity index (χ4n) is 2.55. The first-order chi connectivity index (χ1) is 14.2. The molecule has 0 unspecified atom stereocenters. The molecule has 2 aromatic carbocycles. The smallest absolute Gasteiger partial charge is 0.497 e. The number of aliphatic hydroxyl groups excluding tert-OH is 1. The Morgan fingerprint density at radius 2 is 1.93 bits per heavy atom. The summed E-state index contributed by atoms with van der Waals surface area (Å²) in [4.78, 5) is 16.1. The van der Waals surface area contributed by atoms with Crippen molar-refractivity contribution in [3.8, 4) is 11.5 Å². The number of amides is 1. The molecule has 0 spiro atoms. The van der Waals surface area contributed by atoms with Crippen LogP contribution < -0.4 is 14.8 Å². The van der Waals surface area contributed by atoms with E-state index in [1.54, 1.807) is 24.3 Å². The van der Waals surface area contributed by atoms with Crippen molar-refractivity contribution in [1.29, 1.82) is 0 Å². The van der Waals surface area contributed by atoms with E-state index in [-0.39, 0.29) is 18.1 Å². The highest BCUT2D eigenvalue weighted by atomic mass is 19.4. The van der Waals surface area contributed by atoms with Crippen LogP contribution in [0.25, 0.3) is 0 Å². The number of hydrogen-bond acceptors (Lipinski definition) is 6. The van der Waals surface area contributed by atoms with Crippen molar-refractivity contribution in [2.75, 3.05) is 12.4 Å². The van der Waals surface area contributed by atoms with Gasteiger partial charge >= 0.3 is 6.36 Å². The molecule has 1 aromatic heterocycles. The van der Waals surface area contributed by atoms with Gasteiger partial charge in [0.1, 0.15) is 17.8 Å². The summed E-state index contributed by atoms with van der Waals surface area (Å²) >= 11 is 0. The summed E-state index contributed by atoms with van der Waals surface area (Å²) in [5, 5.41) is 16.7. The number of benzene rings is 2. The Morgan fingerprint density at radius 3 is 2.60 bits per heavy atom. The number of hydrogen-bond donors (Lipinski definition) is 2. The lowest BCUT2D eigenvalue weighted by molar-refractivity contribution is -0.274. The molecule has 0 bridgehead atoms. The van der Waals surface area contributed by atoms with Gasteiger partial charge in [0, 0.05) is 11.8 Å². The number of ether oxygens (including phenoxy) is 2. The molecule has 1 heterocycles. The molecule has 1 amide bonds. The summed E-state index contributed by atoms with van der Waals surface area (Å²) in [5.41, 5.74) is 0.704. The fraction of sp³-hybridized carbons (Fsp3) is 0.211. The molecular formula is C19H17F3N4O4. The molecule has 0 fully saturated rings. The van der Waals surface area contributed by atoms with Gasteiger partial charge in [-0.25, -0.2) is 9.67 Å². The van der Waals surface area contributed by atoms with Crippen molar-refractivity contribution >= 4 is 11.6 Å². The quantitative estimate of drug-likeness (QED) is 0.607. The number of halogens is 3. The normalized spacial score (nSPS) is 12.3. The summed E-state index contributed by atoms with van der Waals surface area (Å²) in [5.74, 6) is -0.757. The molecule has 30 heavy (non-hydrogen) atoms. The Hall–Kier alpha value is -3.60. The lowest BCUT2D eigenvalue weighted by Crippen LogP contribution is -2.18. The molecule has 0 aliphatic heterocycles. The predicted octanol–water partition coefficient (Wildman–Crippen LogP) is 3.17. The summed E-state index contributed by atoms with van der Waals surface area (Å²) in [6.07, 6.45) is -4.47. The number of rotatable bonds is 7. The van der Waals surface area contributed by atoms with Crippen LogP contribution in [0, 0.1) is 0 Å². The van der Waals surface area contributed by atoms with Gasteiger partial charge in [-0.1, -0.05) is 18.2 Å². The zero-order valence-electron chi connectivity index (χ0n) is 15.6. The summed E-state index contributed by atoms with van der Waals surface area (Å²) < 4.78 is 47.1. The van der Waals surface area contributed by atoms with E-state index in [0.717, 1.165) is 12.1 Å². The van der Waals surface area contributed by atoms with Crippen LogP contribution in [-0.4, -0.2) is 39.3 Å². The molecule has 11 heteroatoms. The standard InChI is InChI=1S/C19H17F3N4O4/c1-29-14-7-5-12(6-8-14)16(27)10-26-11-23-17(25-26)18(28)24-13-3-2-4-15(9-13)30-19(20,21)22/h2-9,11,16,27H,10H2,1H3,(H,24,28)/t16-/m0/s1. The minimum atomic E-state index is -4.84. The SMILES string of the molecule is COc1ccc([C@@H](O)Cn2cnc(C(=O)Nc3cccc(OC(F)(F)F)c3)n2)cc1. The largest absolute Gasteiger partial charge is 0.573 e. The van der Waals surface area contributed by atoms with Gasteiger partial charge in [0.05, 0.1) is 19.8 Å². The fourth-order valence-corrected chi connectivity index (χ4v) is 2.55. The third kappa shape index (κ3) is 5.70. The number of nitrogens with zero attached hydrogens (tertiary/aromatic N) is 3. The third-order valence-electron chi connectivity index (χ3n) is 3.93. The molecule has 3 aromatic rings. The lowest BCUT2D eigenvalue weighted by atomic mass is 10.1. The predicted molar refractivity (Wildman–Crippen MR) is 99.1 cm³/mol. The van der Waals surface area contributed by atoms with Gasteiger partial charge in [-0.05, 0) is 29.8 Å². The Labute approximate surface area is 168 Å². The number of aromatic nitrogens is 3. The minimum Gasteiger partial charge on any atom is -0.497 e. The van der Waals surface area contributed by atoms with Crippen LogP contribution in [0.15, 0.2) is 54.9 Å². The molecule has 2 N–H and O–H groups in total. The summed E-state index contributed by atoms with van der Waals surface area (Å²) in [6.45, 7) is 0.0432. The Kier molecular flexibility index (Phi) is 6.21. The number of anilines is 1. The van der Waals surface area contributed by atoms with Gasteiger partial charge in [0.2, 0.25) is 5.82 Å². The van der Waals surface area contributed by atoms with E-state index < -0.39 is 24.1 Å². The highest BCUT2D eigenvalue weighted by molar-refractivity contribution is 6.01. The van der Waals surface area contributed by atoms with Gasteiger partial charge in [-0.3, -0.25) is 4.79 Å². The Morgan fingerprint density at radius 1 is 1.20 bits per heavy atom. The highest BCUT2D eigenvalue weighted by Gasteiger charge is 2.31. The van der Waals surface area contributed by atoms with E-state index in [1.165, 1.54) is 30.3 Å². The minimum absolute atomic E-state index is 0.0432. The van der Waals surface area contributed by atoms with Gasteiger partial charge in [-0.15, -0.1) is 18.3 Å². The van der Waals surface area contributed by atoms with E-state index >= 15 is 0 Å². The topological polar surface area (TPSA) is 98.5 Å². The maximum Gasteiger partial charge on any atom is 0.573 e. The second kappa shape index (κ2) is 8.82. The van der Waals surface area contributed by atoms with Crippen molar-refractivity contribution in [1.82, 2.24) is 14.8 Å². The van der Waals surface area contributed by atoms with Crippen molar-refractivity contribution in [2.45, 2.75) is 19.0 Å². The van der Waals surface area contributed by atoms with Crippen LogP contribution in [0.5, 0.6) is 11.5 Å². The number of alkyl halides is 3. The van der Waals surface area contributed by atoms with Crippen LogP contribution in [0.3, 0.4) is 0 Å². The number of carbonyl (C=O) groups is 1. The van der Waals surface area contributed by atoms with Crippen LogP contribution in [0.1, 0.15) is 22.3 Å². The second-order valence-electron chi connectivity index (χ2n) is 6.11. The third-order valence-corrected chi connectivity index (χ3v) is 3.93. The van der Waals surface area contributed by atoms with Gasteiger partial charge < -0.3 is 19.9 Å². The number of methoxy groups -OCH3 is 1. The lowest BCUT2D eigenvalue weighted by Gasteiger charge is -2.11. The molecular weight excluding hydrogens is 405 g/mol. The summed E-state index contributed by atoms with van der Waals surface area (Å²) in [6, 6.07) is 11.6. The molecule has 3 rings (SSSR count). The van der Waals surface area contributed by atoms with Crippen LogP contribution in [0.4, 0.5) is 18.9 Å².